The number of rotatable bonds is 1. The van der Waals surface area contributed by atoms with Gasteiger partial charge in [0.25, 0.3) is 0 Å². The first kappa shape index (κ1) is 10.6. The standard InChI is InChI=1S/C13H16N2O2/c1-15-12-3-2-8(17)6-10(12)9-4-5-14-11(7-16)13(9)15/h2-3,6,11,14,16-17H,4-5,7H2,1H3. The fourth-order valence-corrected chi connectivity index (χ4v) is 2.85. The van der Waals surface area contributed by atoms with Crippen molar-refractivity contribution in [1.29, 1.82) is 0 Å². The predicted octanol–water partition coefficient (Wildman–Crippen LogP) is 1.06. The van der Waals surface area contributed by atoms with E-state index in [9.17, 15) is 10.2 Å². The van der Waals surface area contributed by atoms with Crippen molar-refractivity contribution in [2.24, 2.45) is 7.05 Å². The highest BCUT2D eigenvalue weighted by Crippen LogP contribution is 2.33. The van der Waals surface area contributed by atoms with Gasteiger partial charge in [0.2, 0.25) is 0 Å². The molecule has 1 aromatic heterocycles. The maximum absolute atomic E-state index is 9.59. The molecular formula is C13H16N2O2. The molecule has 0 radical (unpaired) electrons. The maximum atomic E-state index is 9.59. The largest absolute Gasteiger partial charge is 0.508 e. The summed E-state index contributed by atoms with van der Waals surface area (Å²) < 4.78 is 2.11. The number of nitrogens with zero attached hydrogens (tertiary/aromatic N) is 1. The fourth-order valence-electron chi connectivity index (χ4n) is 2.85. The zero-order valence-corrected chi connectivity index (χ0v) is 9.77. The molecule has 0 saturated carbocycles. The van der Waals surface area contributed by atoms with Gasteiger partial charge in [0.1, 0.15) is 5.75 Å². The minimum absolute atomic E-state index is 0.00158. The Labute approximate surface area is 99.5 Å². The third kappa shape index (κ3) is 1.45. The second-order valence-electron chi connectivity index (χ2n) is 4.56. The van der Waals surface area contributed by atoms with Gasteiger partial charge in [-0.05, 0) is 36.7 Å². The monoisotopic (exact) mass is 232 g/mol. The normalized spacial score (nSPS) is 19.5. The van der Waals surface area contributed by atoms with Gasteiger partial charge in [0.15, 0.2) is 0 Å². The van der Waals surface area contributed by atoms with Crippen LogP contribution in [0.1, 0.15) is 17.3 Å². The quantitative estimate of drug-likeness (QED) is 0.689. The predicted molar refractivity (Wildman–Crippen MR) is 66.1 cm³/mol. The third-order valence-electron chi connectivity index (χ3n) is 3.62. The Kier molecular flexibility index (Phi) is 2.34. The third-order valence-corrected chi connectivity index (χ3v) is 3.62. The highest BCUT2D eigenvalue weighted by Gasteiger charge is 2.25. The van der Waals surface area contributed by atoms with Crippen LogP contribution in [-0.4, -0.2) is 27.9 Å². The van der Waals surface area contributed by atoms with Gasteiger partial charge in [-0.2, -0.15) is 0 Å². The molecule has 0 aliphatic carbocycles. The molecule has 0 fully saturated rings. The smallest absolute Gasteiger partial charge is 0.116 e. The molecule has 1 aromatic carbocycles. The van der Waals surface area contributed by atoms with E-state index in [1.165, 1.54) is 5.56 Å². The van der Waals surface area contributed by atoms with E-state index in [2.05, 4.69) is 9.88 Å². The minimum Gasteiger partial charge on any atom is -0.508 e. The molecule has 2 aromatic rings. The molecule has 0 spiro atoms. The number of benzene rings is 1. The molecule has 1 unspecified atom stereocenters. The number of aromatic hydroxyl groups is 1. The number of hydrogen-bond acceptors (Lipinski definition) is 3. The van der Waals surface area contributed by atoms with Crippen LogP contribution in [0.2, 0.25) is 0 Å². The summed E-state index contributed by atoms with van der Waals surface area (Å²) in [7, 11) is 2.01. The lowest BCUT2D eigenvalue weighted by Crippen LogP contribution is -2.33. The SMILES string of the molecule is Cn1c2c(c3cc(O)ccc31)CCNC2CO. The first-order chi connectivity index (χ1) is 8.22. The van der Waals surface area contributed by atoms with Gasteiger partial charge >= 0.3 is 0 Å². The van der Waals surface area contributed by atoms with Crippen LogP contribution in [0.3, 0.4) is 0 Å². The Morgan fingerprint density at radius 2 is 2.29 bits per heavy atom. The highest BCUT2D eigenvalue weighted by atomic mass is 16.3. The molecule has 0 saturated heterocycles. The average molecular weight is 232 g/mol. The number of aryl methyl sites for hydroxylation is 1. The molecule has 3 N–H and O–H groups in total. The Balaban J connectivity index is 2.33. The number of phenolic OH excluding ortho intramolecular Hbond substituents is 1. The first-order valence-corrected chi connectivity index (χ1v) is 5.87. The Hall–Kier alpha value is -1.52. The van der Waals surface area contributed by atoms with Crippen molar-refractivity contribution in [2.75, 3.05) is 13.2 Å². The van der Waals surface area contributed by atoms with E-state index in [1.807, 2.05) is 19.2 Å². The van der Waals surface area contributed by atoms with E-state index in [1.54, 1.807) is 6.07 Å². The zero-order valence-electron chi connectivity index (χ0n) is 9.77. The van der Waals surface area contributed by atoms with Crippen LogP contribution in [0.5, 0.6) is 5.75 Å². The van der Waals surface area contributed by atoms with Crippen LogP contribution >= 0.6 is 0 Å². The van der Waals surface area contributed by atoms with Gasteiger partial charge in [-0.1, -0.05) is 0 Å². The van der Waals surface area contributed by atoms with Gasteiger partial charge < -0.3 is 20.1 Å². The Morgan fingerprint density at radius 1 is 1.47 bits per heavy atom. The summed E-state index contributed by atoms with van der Waals surface area (Å²) in [5, 5.41) is 23.4. The van der Waals surface area contributed by atoms with Crippen LogP contribution < -0.4 is 5.32 Å². The number of fused-ring (bicyclic) bond motifs is 3. The van der Waals surface area contributed by atoms with Gasteiger partial charge in [0, 0.05) is 23.6 Å². The summed E-state index contributed by atoms with van der Waals surface area (Å²) in [4.78, 5) is 0. The lowest BCUT2D eigenvalue weighted by Gasteiger charge is -2.24. The molecule has 0 amide bonds. The van der Waals surface area contributed by atoms with Crippen LogP contribution in [0.25, 0.3) is 10.9 Å². The summed E-state index contributed by atoms with van der Waals surface area (Å²) in [5.74, 6) is 0.296. The van der Waals surface area contributed by atoms with Crippen molar-refractivity contribution in [3.05, 3.63) is 29.5 Å². The second kappa shape index (κ2) is 3.75. The van der Waals surface area contributed by atoms with Crippen molar-refractivity contribution in [2.45, 2.75) is 12.5 Å². The number of aromatic nitrogens is 1. The van der Waals surface area contributed by atoms with Crippen molar-refractivity contribution in [3.63, 3.8) is 0 Å². The van der Waals surface area contributed by atoms with Crippen LogP contribution in [-0.2, 0) is 13.5 Å². The lowest BCUT2D eigenvalue weighted by molar-refractivity contribution is 0.235. The molecular weight excluding hydrogens is 216 g/mol. The van der Waals surface area contributed by atoms with Gasteiger partial charge in [-0.3, -0.25) is 0 Å². The molecule has 90 valence electrons. The van der Waals surface area contributed by atoms with E-state index < -0.39 is 0 Å². The van der Waals surface area contributed by atoms with E-state index in [0.717, 1.165) is 29.6 Å². The molecule has 0 bridgehead atoms. The second-order valence-corrected chi connectivity index (χ2v) is 4.56. The highest BCUT2D eigenvalue weighted by molar-refractivity contribution is 5.87. The summed E-state index contributed by atoms with van der Waals surface area (Å²) in [6, 6.07) is 5.44. The summed E-state index contributed by atoms with van der Waals surface area (Å²) in [6.45, 7) is 0.968. The van der Waals surface area contributed by atoms with Gasteiger partial charge in [0.05, 0.1) is 12.6 Å². The molecule has 3 rings (SSSR count). The number of hydrogen-bond donors (Lipinski definition) is 3. The zero-order chi connectivity index (χ0) is 12.0. The van der Waals surface area contributed by atoms with Crippen molar-refractivity contribution >= 4 is 10.9 Å². The molecule has 1 aliphatic rings. The Bertz CT molecular complexity index is 574. The van der Waals surface area contributed by atoms with Crippen LogP contribution in [0, 0.1) is 0 Å². The van der Waals surface area contributed by atoms with Crippen LogP contribution in [0.4, 0.5) is 0 Å². The summed E-state index contributed by atoms with van der Waals surface area (Å²) in [5.41, 5.74) is 3.49. The molecule has 17 heavy (non-hydrogen) atoms. The van der Waals surface area contributed by atoms with Crippen molar-refractivity contribution in [3.8, 4) is 5.75 Å². The summed E-state index contributed by atoms with van der Waals surface area (Å²) in [6.07, 6.45) is 0.937. The topological polar surface area (TPSA) is 57.4 Å². The van der Waals surface area contributed by atoms with Gasteiger partial charge in [-0.25, -0.2) is 0 Å². The molecule has 4 heteroatoms. The molecule has 2 heterocycles. The number of aliphatic hydroxyl groups excluding tert-OH is 1. The molecule has 4 nitrogen and oxygen atoms in total. The minimum atomic E-state index is -0.00158. The van der Waals surface area contributed by atoms with Crippen molar-refractivity contribution < 1.29 is 10.2 Å². The fraction of sp³-hybridized carbons (Fsp3) is 0.385. The van der Waals surface area contributed by atoms with E-state index >= 15 is 0 Å². The number of aliphatic hydroxyl groups is 1. The first-order valence-electron chi connectivity index (χ1n) is 5.87. The van der Waals surface area contributed by atoms with E-state index in [-0.39, 0.29) is 12.6 Å². The van der Waals surface area contributed by atoms with Crippen LogP contribution in [0.15, 0.2) is 18.2 Å². The Morgan fingerprint density at radius 3 is 3.06 bits per heavy atom. The van der Waals surface area contributed by atoms with Gasteiger partial charge in [-0.15, -0.1) is 0 Å². The lowest BCUT2D eigenvalue weighted by atomic mass is 9.99. The van der Waals surface area contributed by atoms with Crippen molar-refractivity contribution in [1.82, 2.24) is 9.88 Å². The maximum Gasteiger partial charge on any atom is 0.116 e. The number of nitrogens with one attached hydrogen (secondary N) is 1. The molecule has 1 aliphatic heterocycles. The van der Waals surface area contributed by atoms with E-state index in [0.29, 0.717) is 5.75 Å². The molecule has 1 atom stereocenters. The number of phenols is 1. The average Bonchev–Trinajstić information content (AvgIpc) is 2.63. The van der Waals surface area contributed by atoms with E-state index in [4.69, 9.17) is 0 Å². The summed E-state index contributed by atoms with van der Waals surface area (Å²) >= 11 is 0.